The number of carbonyl (C=O) groups excluding carboxylic acids is 1. The van der Waals surface area contributed by atoms with Crippen molar-refractivity contribution in [3.8, 4) is 5.75 Å². The molecule has 0 radical (unpaired) electrons. The predicted octanol–water partition coefficient (Wildman–Crippen LogP) is 1.31. The molecule has 1 heterocycles. The number of hydrogen-bond acceptors (Lipinski definition) is 3. The molecule has 0 spiro atoms. The second-order valence-electron chi connectivity index (χ2n) is 4.01. The van der Waals surface area contributed by atoms with Crippen molar-refractivity contribution in [2.75, 3.05) is 26.3 Å². The quantitative estimate of drug-likeness (QED) is 0.793. The Kier molecular flexibility index (Phi) is 3.98. The second-order valence-corrected chi connectivity index (χ2v) is 4.01. The molecule has 0 bridgehead atoms. The van der Waals surface area contributed by atoms with Gasteiger partial charge in [0.15, 0.2) is 6.10 Å². The highest BCUT2D eigenvalue weighted by molar-refractivity contribution is 5.81. The summed E-state index contributed by atoms with van der Waals surface area (Å²) in [6.45, 7) is 4.32. The molecule has 4 heteroatoms. The van der Waals surface area contributed by atoms with Gasteiger partial charge in [0.2, 0.25) is 0 Å². The average Bonchev–Trinajstić information content (AvgIpc) is 2.40. The first-order valence-electron chi connectivity index (χ1n) is 5.85. The fourth-order valence-corrected chi connectivity index (χ4v) is 1.79. The van der Waals surface area contributed by atoms with Crippen molar-refractivity contribution in [3.05, 3.63) is 30.3 Å². The lowest BCUT2D eigenvalue weighted by Gasteiger charge is -2.29. The highest BCUT2D eigenvalue weighted by atomic mass is 16.5. The van der Waals surface area contributed by atoms with Gasteiger partial charge < -0.3 is 14.4 Å². The van der Waals surface area contributed by atoms with E-state index in [9.17, 15) is 4.79 Å². The molecule has 0 aromatic heterocycles. The number of carbonyl (C=O) groups is 1. The highest BCUT2D eigenvalue weighted by Gasteiger charge is 2.23. The summed E-state index contributed by atoms with van der Waals surface area (Å²) >= 11 is 0. The summed E-state index contributed by atoms with van der Waals surface area (Å²) < 4.78 is 10.8. The van der Waals surface area contributed by atoms with Crippen LogP contribution >= 0.6 is 0 Å². The Hall–Kier alpha value is -1.55. The molecule has 17 heavy (non-hydrogen) atoms. The number of ether oxygens (including phenoxy) is 2. The summed E-state index contributed by atoms with van der Waals surface area (Å²) in [4.78, 5) is 13.8. The maximum absolute atomic E-state index is 12.0. The van der Waals surface area contributed by atoms with E-state index >= 15 is 0 Å². The minimum absolute atomic E-state index is 0.0251. The third-order valence-corrected chi connectivity index (χ3v) is 2.73. The summed E-state index contributed by atoms with van der Waals surface area (Å²) in [7, 11) is 0. The zero-order valence-electron chi connectivity index (χ0n) is 9.96. The number of amides is 1. The molecule has 0 aliphatic carbocycles. The molecule has 1 fully saturated rings. The van der Waals surface area contributed by atoms with Crippen LogP contribution < -0.4 is 4.74 Å². The third kappa shape index (κ3) is 3.20. The molecular weight excluding hydrogens is 218 g/mol. The van der Waals surface area contributed by atoms with Crippen LogP contribution in [0.25, 0.3) is 0 Å². The van der Waals surface area contributed by atoms with Gasteiger partial charge in [-0.25, -0.2) is 0 Å². The van der Waals surface area contributed by atoms with Crippen LogP contribution in [0.2, 0.25) is 0 Å². The number of morpholine rings is 1. The van der Waals surface area contributed by atoms with Crippen LogP contribution in [-0.2, 0) is 9.53 Å². The number of benzene rings is 1. The van der Waals surface area contributed by atoms with E-state index in [4.69, 9.17) is 9.47 Å². The van der Waals surface area contributed by atoms with Gasteiger partial charge in [0, 0.05) is 13.1 Å². The van der Waals surface area contributed by atoms with Gasteiger partial charge >= 0.3 is 0 Å². The Morgan fingerprint density at radius 3 is 2.59 bits per heavy atom. The highest BCUT2D eigenvalue weighted by Crippen LogP contribution is 2.12. The number of rotatable bonds is 3. The SMILES string of the molecule is CC(Oc1ccccc1)C(=O)N1CCOCC1. The maximum Gasteiger partial charge on any atom is 0.263 e. The number of nitrogens with zero attached hydrogens (tertiary/aromatic N) is 1. The van der Waals surface area contributed by atoms with Crippen LogP contribution in [0.5, 0.6) is 5.75 Å². The monoisotopic (exact) mass is 235 g/mol. The normalized spacial score (nSPS) is 17.6. The van der Waals surface area contributed by atoms with Crippen LogP contribution in [0.4, 0.5) is 0 Å². The lowest BCUT2D eigenvalue weighted by Crippen LogP contribution is -2.46. The van der Waals surface area contributed by atoms with Crippen molar-refractivity contribution >= 4 is 5.91 Å². The molecule has 1 amide bonds. The molecular formula is C13H17NO3. The molecule has 4 nitrogen and oxygen atoms in total. The summed E-state index contributed by atoms with van der Waals surface area (Å²) in [6, 6.07) is 9.40. The first kappa shape index (κ1) is 11.9. The van der Waals surface area contributed by atoms with Crippen molar-refractivity contribution in [3.63, 3.8) is 0 Å². The Morgan fingerprint density at radius 2 is 1.94 bits per heavy atom. The van der Waals surface area contributed by atoms with Gasteiger partial charge in [0.1, 0.15) is 5.75 Å². The van der Waals surface area contributed by atoms with Crippen molar-refractivity contribution in [2.45, 2.75) is 13.0 Å². The zero-order valence-corrected chi connectivity index (χ0v) is 9.96. The lowest BCUT2D eigenvalue weighted by atomic mass is 10.3. The summed E-state index contributed by atoms with van der Waals surface area (Å²) in [5, 5.41) is 0. The Labute approximate surface area is 101 Å². The van der Waals surface area contributed by atoms with Gasteiger partial charge in [0.05, 0.1) is 13.2 Å². The van der Waals surface area contributed by atoms with E-state index in [1.165, 1.54) is 0 Å². The first-order chi connectivity index (χ1) is 8.27. The van der Waals surface area contributed by atoms with Crippen LogP contribution in [0.3, 0.4) is 0 Å². The largest absolute Gasteiger partial charge is 0.481 e. The first-order valence-corrected chi connectivity index (χ1v) is 5.85. The zero-order chi connectivity index (χ0) is 12.1. The third-order valence-electron chi connectivity index (χ3n) is 2.73. The van der Waals surface area contributed by atoms with E-state index < -0.39 is 6.10 Å². The Bertz CT molecular complexity index is 360. The summed E-state index contributed by atoms with van der Waals surface area (Å²) in [5.41, 5.74) is 0. The minimum Gasteiger partial charge on any atom is -0.481 e. The molecule has 1 aliphatic heterocycles. The summed E-state index contributed by atoms with van der Waals surface area (Å²) in [5.74, 6) is 0.749. The fraction of sp³-hybridized carbons (Fsp3) is 0.462. The van der Waals surface area contributed by atoms with E-state index in [0.717, 1.165) is 5.75 Å². The predicted molar refractivity (Wildman–Crippen MR) is 63.9 cm³/mol. The standard InChI is InChI=1S/C13H17NO3/c1-11(17-12-5-3-2-4-6-12)13(15)14-7-9-16-10-8-14/h2-6,11H,7-10H2,1H3. The average molecular weight is 235 g/mol. The molecule has 1 unspecified atom stereocenters. The molecule has 0 N–H and O–H groups in total. The molecule has 92 valence electrons. The van der Waals surface area contributed by atoms with E-state index in [-0.39, 0.29) is 5.91 Å². The van der Waals surface area contributed by atoms with E-state index in [0.29, 0.717) is 26.3 Å². The van der Waals surface area contributed by atoms with Crippen LogP contribution in [0.1, 0.15) is 6.92 Å². The molecule has 1 atom stereocenters. The molecule has 1 aliphatic rings. The van der Waals surface area contributed by atoms with Gasteiger partial charge in [-0.1, -0.05) is 18.2 Å². The smallest absolute Gasteiger partial charge is 0.263 e. The minimum atomic E-state index is -0.449. The molecule has 1 saturated heterocycles. The molecule has 0 saturated carbocycles. The summed E-state index contributed by atoms with van der Waals surface area (Å²) in [6.07, 6.45) is -0.449. The number of hydrogen-bond donors (Lipinski definition) is 0. The molecule has 1 aromatic carbocycles. The van der Waals surface area contributed by atoms with Gasteiger partial charge in [-0.05, 0) is 19.1 Å². The molecule has 1 aromatic rings. The van der Waals surface area contributed by atoms with E-state index in [1.54, 1.807) is 11.8 Å². The van der Waals surface area contributed by atoms with Gasteiger partial charge in [-0.2, -0.15) is 0 Å². The van der Waals surface area contributed by atoms with E-state index in [2.05, 4.69) is 0 Å². The van der Waals surface area contributed by atoms with Crippen molar-refractivity contribution < 1.29 is 14.3 Å². The van der Waals surface area contributed by atoms with Gasteiger partial charge in [0.25, 0.3) is 5.91 Å². The van der Waals surface area contributed by atoms with Crippen molar-refractivity contribution in [2.24, 2.45) is 0 Å². The van der Waals surface area contributed by atoms with Crippen molar-refractivity contribution in [1.82, 2.24) is 4.90 Å². The van der Waals surface area contributed by atoms with E-state index in [1.807, 2.05) is 30.3 Å². The van der Waals surface area contributed by atoms with Crippen molar-refractivity contribution in [1.29, 1.82) is 0 Å². The molecule has 2 rings (SSSR count). The Morgan fingerprint density at radius 1 is 1.29 bits per heavy atom. The van der Waals surface area contributed by atoms with Crippen LogP contribution in [0, 0.1) is 0 Å². The van der Waals surface area contributed by atoms with Gasteiger partial charge in [-0.15, -0.1) is 0 Å². The Balaban J connectivity index is 1.90. The number of para-hydroxylation sites is 1. The topological polar surface area (TPSA) is 38.8 Å². The fourth-order valence-electron chi connectivity index (χ4n) is 1.79. The maximum atomic E-state index is 12.0. The lowest BCUT2D eigenvalue weighted by molar-refractivity contribution is -0.142. The van der Waals surface area contributed by atoms with Crippen LogP contribution in [-0.4, -0.2) is 43.2 Å². The second kappa shape index (κ2) is 5.68. The van der Waals surface area contributed by atoms with Gasteiger partial charge in [-0.3, -0.25) is 4.79 Å². The van der Waals surface area contributed by atoms with Crippen LogP contribution in [0.15, 0.2) is 30.3 Å².